The Morgan fingerprint density at radius 3 is 3.17 bits per heavy atom. The van der Waals surface area contributed by atoms with Gasteiger partial charge in [0.2, 0.25) is 5.91 Å². The summed E-state index contributed by atoms with van der Waals surface area (Å²) in [6.07, 6.45) is 0.255. The molecule has 0 saturated heterocycles. The fourth-order valence-electron chi connectivity index (χ4n) is 1.65. The van der Waals surface area contributed by atoms with Gasteiger partial charge in [-0.25, -0.2) is 4.98 Å². The second-order valence-electron chi connectivity index (χ2n) is 4.10. The normalized spacial score (nSPS) is 12.7. The summed E-state index contributed by atoms with van der Waals surface area (Å²) >= 11 is 1.37. The van der Waals surface area contributed by atoms with Gasteiger partial charge < -0.3 is 16.0 Å². The Kier molecular flexibility index (Phi) is 3.73. The van der Waals surface area contributed by atoms with Crippen LogP contribution in [-0.4, -0.2) is 21.9 Å². The maximum absolute atomic E-state index is 11.7. The van der Waals surface area contributed by atoms with Crippen LogP contribution in [0.1, 0.15) is 19.2 Å². The lowest BCUT2D eigenvalue weighted by Gasteiger charge is -2.10. The molecule has 2 heterocycles. The largest absolute Gasteiger partial charge is 0.370 e. The molecule has 2 aromatic rings. The summed E-state index contributed by atoms with van der Waals surface area (Å²) in [5.74, 6) is 0.201. The SMILES string of the molecule is CC(CC(N)=O)NCc1nc2ccsc2c(=O)[nH]1. The molecule has 2 aromatic heterocycles. The molecule has 96 valence electrons. The second-order valence-corrected chi connectivity index (χ2v) is 5.02. The smallest absolute Gasteiger partial charge is 0.268 e. The Hall–Kier alpha value is -1.73. The standard InChI is InChI=1S/C11H14N4O2S/c1-6(4-8(12)16)13-5-9-14-7-2-3-18-10(7)11(17)15-9/h2-3,6,13H,4-5H2,1H3,(H2,12,16)(H,14,15,17). The van der Waals surface area contributed by atoms with Crippen molar-refractivity contribution in [2.45, 2.75) is 25.9 Å². The van der Waals surface area contributed by atoms with E-state index in [4.69, 9.17) is 5.73 Å². The van der Waals surface area contributed by atoms with E-state index in [1.807, 2.05) is 18.4 Å². The Balaban J connectivity index is 2.08. The van der Waals surface area contributed by atoms with Crippen molar-refractivity contribution in [3.8, 4) is 0 Å². The molecule has 1 amide bonds. The zero-order valence-corrected chi connectivity index (χ0v) is 10.7. The third-order valence-corrected chi connectivity index (χ3v) is 3.39. The minimum atomic E-state index is -0.357. The molecule has 0 bridgehead atoms. The summed E-state index contributed by atoms with van der Waals surface area (Å²) in [6, 6.07) is 1.76. The van der Waals surface area contributed by atoms with Crippen molar-refractivity contribution in [3.63, 3.8) is 0 Å². The minimum absolute atomic E-state index is 0.0500. The van der Waals surface area contributed by atoms with Gasteiger partial charge in [-0.1, -0.05) is 0 Å². The third kappa shape index (κ3) is 2.93. The predicted octanol–water partition coefficient (Wildman–Crippen LogP) is 0.338. The number of carbonyl (C=O) groups excluding carboxylic acids is 1. The predicted molar refractivity (Wildman–Crippen MR) is 70.4 cm³/mol. The van der Waals surface area contributed by atoms with E-state index in [-0.39, 0.29) is 23.9 Å². The number of thiophene rings is 1. The van der Waals surface area contributed by atoms with Gasteiger partial charge in [-0.3, -0.25) is 9.59 Å². The number of nitrogens with two attached hydrogens (primary N) is 1. The van der Waals surface area contributed by atoms with Crippen LogP contribution in [0.4, 0.5) is 0 Å². The molecule has 1 unspecified atom stereocenters. The zero-order valence-electron chi connectivity index (χ0n) is 9.90. The quantitative estimate of drug-likeness (QED) is 0.726. The number of rotatable bonds is 5. The summed E-state index contributed by atoms with van der Waals surface area (Å²) in [6.45, 7) is 2.25. The van der Waals surface area contributed by atoms with Crippen LogP contribution in [0.5, 0.6) is 0 Å². The Bertz CT molecular complexity index is 619. The lowest BCUT2D eigenvalue weighted by atomic mass is 10.2. The van der Waals surface area contributed by atoms with Crippen LogP contribution in [0.25, 0.3) is 10.2 Å². The maximum Gasteiger partial charge on any atom is 0.268 e. The number of carbonyl (C=O) groups is 1. The molecule has 0 aliphatic rings. The van der Waals surface area contributed by atoms with E-state index in [0.29, 0.717) is 22.6 Å². The zero-order chi connectivity index (χ0) is 13.1. The van der Waals surface area contributed by atoms with Crippen LogP contribution in [0.2, 0.25) is 0 Å². The van der Waals surface area contributed by atoms with E-state index >= 15 is 0 Å². The second kappa shape index (κ2) is 5.28. The number of amides is 1. The average Bonchev–Trinajstić information content (AvgIpc) is 2.74. The highest BCUT2D eigenvalue weighted by Gasteiger charge is 2.08. The topological polar surface area (TPSA) is 101 Å². The van der Waals surface area contributed by atoms with Gasteiger partial charge in [0.1, 0.15) is 10.5 Å². The summed E-state index contributed by atoms with van der Waals surface area (Å²) < 4.78 is 0.629. The Morgan fingerprint density at radius 1 is 1.67 bits per heavy atom. The highest BCUT2D eigenvalue weighted by molar-refractivity contribution is 7.17. The highest BCUT2D eigenvalue weighted by Crippen LogP contribution is 2.13. The number of hydrogen-bond donors (Lipinski definition) is 3. The van der Waals surface area contributed by atoms with Crippen molar-refractivity contribution in [2.75, 3.05) is 0 Å². The van der Waals surface area contributed by atoms with Crippen molar-refractivity contribution in [2.24, 2.45) is 5.73 Å². The fourth-order valence-corrected chi connectivity index (χ4v) is 2.38. The number of aromatic amines is 1. The van der Waals surface area contributed by atoms with Crippen LogP contribution in [0.3, 0.4) is 0 Å². The van der Waals surface area contributed by atoms with Crippen LogP contribution in [0.15, 0.2) is 16.2 Å². The first-order chi connectivity index (χ1) is 8.56. The summed E-state index contributed by atoms with van der Waals surface area (Å²) in [7, 11) is 0. The molecule has 0 fully saturated rings. The number of nitrogens with one attached hydrogen (secondary N) is 2. The molecule has 0 radical (unpaired) electrons. The van der Waals surface area contributed by atoms with E-state index in [2.05, 4.69) is 15.3 Å². The van der Waals surface area contributed by atoms with Gasteiger partial charge in [0.05, 0.1) is 12.1 Å². The van der Waals surface area contributed by atoms with Gasteiger partial charge in [0, 0.05) is 12.5 Å². The molecule has 7 heteroatoms. The molecule has 0 saturated carbocycles. The first-order valence-corrected chi connectivity index (χ1v) is 6.42. The number of aromatic nitrogens is 2. The van der Waals surface area contributed by atoms with Gasteiger partial charge >= 0.3 is 0 Å². The van der Waals surface area contributed by atoms with Gasteiger partial charge in [-0.15, -0.1) is 11.3 Å². The van der Waals surface area contributed by atoms with Crippen molar-refractivity contribution >= 4 is 27.5 Å². The molecule has 0 aliphatic carbocycles. The van der Waals surface area contributed by atoms with Crippen LogP contribution in [-0.2, 0) is 11.3 Å². The molecule has 0 aliphatic heterocycles. The Morgan fingerprint density at radius 2 is 2.44 bits per heavy atom. The molecular formula is C11H14N4O2S. The number of hydrogen-bond acceptors (Lipinski definition) is 5. The van der Waals surface area contributed by atoms with Crippen LogP contribution in [0, 0.1) is 0 Å². The van der Waals surface area contributed by atoms with E-state index in [0.717, 1.165) is 0 Å². The monoisotopic (exact) mass is 266 g/mol. The number of nitrogens with zero attached hydrogens (tertiary/aromatic N) is 1. The van der Waals surface area contributed by atoms with E-state index in [9.17, 15) is 9.59 Å². The van der Waals surface area contributed by atoms with Gasteiger partial charge in [0.25, 0.3) is 5.56 Å². The average molecular weight is 266 g/mol. The van der Waals surface area contributed by atoms with Gasteiger partial charge in [0.15, 0.2) is 0 Å². The summed E-state index contributed by atoms with van der Waals surface area (Å²) in [5, 5.41) is 4.92. The number of H-pyrrole nitrogens is 1. The van der Waals surface area contributed by atoms with Gasteiger partial charge in [-0.05, 0) is 18.4 Å². The maximum atomic E-state index is 11.7. The molecular weight excluding hydrogens is 252 g/mol. The number of fused-ring (bicyclic) bond motifs is 1. The van der Waals surface area contributed by atoms with E-state index < -0.39 is 0 Å². The van der Waals surface area contributed by atoms with Gasteiger partial charge in [-0.2, -0.15) is 0 Å². The molecule has 1 atom stereocenters. The molecule has 0 aromatic carbocycles. The highest BCUT2D eigenvalue weighted by atomic mass is 32.1. The first kappa shape index (κ1) is 12.7. The van der Waals surface area contributed by atoms with Crippen molar-refractivity contribution in [1.29, 1.82) is 0 Å². The molecule has 0 spiro atoms. The molecule has 2 rings (SSSR count). The number of primary amides is 1. The van der Waals surface area contributed by atoms with Crippen molar-refractivity contribution in [1.82, 2.24) is 15.3 Å². The summed E-state index contributed by atoms with van der Waals surface area (Å²) in [5.41, 5.74) is 5.66. The van der Waals surface area contributed by atoms with Crippen molar-refractivity contribution in [3.05, 3.63) is 27.6 Å². The summed E-state index contributed by atoms with van der Waals surface area (Å²) in [4.78, 5) is 29.5. The fraction of sp³-hybridized carbons (Fsp3) is 0.364. The lowest BCUT2D eigenvalue weighted by molar-refractivity contribution is -0.118. The van der Waals surface area contributed by atoms with E-state index in [1.165, 1.54) is 11.3 Å². The third-order valence-electron chi connectivity index (χ3n) is 2.49. The lowest BCUT2D eigenvalue weighted by Crippen LogP contribution is -2.31. The molecule has 4 N–H and O–H groups in total. The first-order valence-electron chi connectivity index (χ1n) is 5.54. The van der Waals surface area contributed by atoms with Crippen molar-refractivity contribution < 1.29 is 4.79 Å². The van der Waals surface area contributed by atoms with Crippen LogP contribution < -0.4 is 16.6 Å². The Labute approximate surface area is 107 Å². The van der Waals surface area contributed by atoms with Crippen LogP contribution >= 0.6 is 11.3 Å². The molecule has 6 nitrogen and oxygen atoms in total. The molecule has 18 heavy (non-hydrogen) atoms. The minimum Gasteiger partial charge on any atom is -0.370 e. The van der Waals surface area contributed by atoms with E-state index in [1.54, 1.807) is 0 Å².